The first-order chi connectivity index (χ1) is 5.76. The summed E-state index contributed by atoms with van der Waals surface area (Å²) >= 11 is 0. The maximum atomic E-state index is 10.9. The van der Waals surface area contributed by atoms with E-state index >= 15 is 0 Å². The van der Waals surface area contributed by atoms with Gasteiger partial charge in [0.15, 0.2) is 0 Å². The number of rotatable bonds is 2. The number of carboxylic acids is 1. The van der Waals surface area contributed by atoms with E-state index in [0.29, 0.717) is 0 Å². The second-order valence-electron chi connectivity index (χ2n) is 3.25. The fourth-order valence-electron chi connectivity index (χ4n) is 1.51. The quantitative estimate of drug-likeness (QED) is 0.780. The van der Waals surface area contributed by atoms with Gasteiger partial charge in [-0.1, -0.05) is 30.3 Å². The monoisotopic (exact) mass is 225 g/mol. The molecule has 1 aliphatic rings. The third kappa shape index (κ3) is 1.62. The molecule has 0 bridgehead atoms. The zero-order chi connectivity index (χ0) is 8.60. The Hall–Kier alpha value is -0.791. The maximum Gasteiger partial charge on any atom is 0.314 e. The summed E-state index contributed by atoms with van der Waals surface area (Å²) in [6.07, 6.45) is 1.57. The molecule has 0 heterocycles. The van der Waals surface area contributed by atoms with E-state index in [2.05, 4.69) is 0 Å². The smallest absolute Gasteiger partial charge is 0.314 e. The third-order valence-corrected chi connectivity index (χ3v) is 2.49. The van der Waals surface area contributed by atoms with Gasteiger partial charge in [-0.05, 0) is 18.4 Å². The van der Waals surface area contributed by atoms with E-state index in [9.17, 15) is 4.79 Å². The number of hydrogen-bond acceptors (Lipinski definition) is 1. The summed E-state index contributed by atoms with van der Waals surface area (Å²) in [4.78, 5) is 10.9. The van der Waals surface area contributed by atoms with Gasteiger partial charge in [-0.3, -0.25) is 4.79 Å². The Morgan fingerprint density at radius 1 is 1.23 bits per heavy atom. The van der Waals surface area contributed by atoms with Gasteiger partial charge in [0.1, 0.15) is 0 Å². The summed E-state index contributed by atoms with van der Waals surface area (Å²) in [6, 6.07) is 9.46. The molecule has 2 nitrogen and oxygen atoms in total. The summed E-state index contributed by atoms with van der Waals surface area (Å²) in [5.74, 6) is -0.686. The van der Waals surface area contributed by atoms with E-state index in [4.69, 9.17) is 5.11 Å². The zero-order valence-electron chi connectivity index (χ0n) is 6.96. The molecule has 1 fully saturated rings. The molecule has 1 aromatic carbocycles. The molecule has 0 saturated heterocycles. The Bertz CT molecular complexity index is 304. The maximum absolute atomic E-state index is 10.9. The predicted molar refractivity (Wildman–Crippen MR) is 45.0 cm³/mol. The van der Waals surface area contributed by atoms with Gasteiger partial charge in [0.25, 0.3) is 0 Å². The second kappa shape index (κ2) is 3.52. The summed E-state index contributed by atoms with van der Waals surface area (Å²) in [6.45, 7) is 0. The molecule has 1 N–H and O–H groups in total. The van der Waals surface area contributed by atoms with Crippen molar-refractivity contribution in [2.75, 3.05) is 0 Å². The van der Waals surface area contributed by atoms with Gasteiger partial charge in [0.2, 0.25) is 0 Å². The molecule has 1 aliphatic carbocycles. The molecule has 1 saturated carbocycles. The van der Waals surface area contributed by atoms with E-state index < -0.39 is 11.4 Å². The minimum atomic E-state index is -0.686. The van der Waals surface area contributed by atoms with Crippen molar-refractivity contribution in [2.45, 2.75) is 18.3 Å². The van der Waals surface area contributed by atoms with Crippen LogP contribution in [0, 0.1) is 0 Å². The van der Waals surface area contributed by atoms with Crippen molar-refractivity contribution < 1.29 is 27.0 Å². The Labute approximate surface area is 87.4 Å². The van der Waals surface area contributed by atoms with Crippen LogP contribution in [-0.4, -0.2) is 11.1 Å². The normalized spacial score (nSPS) is 17.2. The molecular formula is C10H10CuO2. The van der Waals surface area contributed by atoms with Gasteiger partial charge in [0.05, 0.1) is 5.41 Å². The van der Waals surface area contributed by atoms with Gasteiger partial charge in [0, 0.05) is 17.1 Å². The van der Waals surface area contributed by atoms with Crippen LogP contribution in [-0.2, 0) is 27.3 Å². The van der Waals surface area contributed by atoms with Gasteiger partial charge in [-0.2, -0.15) is 0 Å². The topological polar surface area (TPSA) is 37.3 Å². The summed E-state index contributed by atoms with van der Waals surface area (Å²) in [7, 11) is 0. The van der Waals surface area contributed by atoms with Crippen LogP contribution in [0.15, 0.2) is 30.3 Å². The SMILES string of the molecule is O=C(O)C1(c2ccccc2)CC1.[Cu]. The average molecular weight is 226 g/mol. The van der Waals surface area contributed by atoms with E-state index in [1.165, 1.54) is 0 Å². The minimum Gasteiger partial charge on any atom is -0.481 e. The molecule has 13 heavy (non-hydrogen) atoms. The third-order valence-electron chi connectivity index (χ3n) is 2.49. The van der Waals surface area contributed by atoms with Crippen molar-refractivity contribution in [1.29, 1.82) is 0 Å². The summed E-state index contributed by atoms with van der Waals surface area (Å²) < 4.78 is 0. The minimum absolute atomic E-state index is 0. The molecular weight excluding hydrogens is 216 g/mol. The van der Waals surface area contributed by atoms with E-state index in [0.717, 1.165) is 18.4 Å². The van der Waals surface area contributed by atoms with Gasteiger partial charge >= 0.3 is 5.97 Å². The Kier molecular flexibility index (Phi) is 2.79. The number of aliphatic carboxylic acids is 1. The van der Waals surface area contributed by atoms with Crippen LogP contribution in [0.2, 0.25) is 0 Å². The predicted octanol–water partition coefficient (Wildman–Crippen LogP) is 1.80. The fourth-order valence-corrected chi connectivity index (χ4v) is 1.51. The summed E-state index contributed by atoms with van der Waals surface area (Å²) in [5, 5.41) is 8.96. The van der Waals surface area contributed by atoms with Crippen LogP contribution in [0.1, 0.15) is 18.4 Å². The average Bonchev–Trinajstić information content (AvgIpc) is 2.86. The fraction of sp³-hybridized carbons (Fsp3) is 0.300. The zero-order valence-corrected chi connectivity index (χ0v) is 7.90. The first-order valence-corrected chi connectivity index (χ1v) is 4.05. The van der Waals surface area contributed by atoms with Crippen LogP contribution in [0.4, 0.5) is 0 Å². The van der Waals surface area contributed by atoms with Gasteiger partial charge < -0.3 is 5.11 Å². The first kappa shape index (κ1) is 10.3. The Morgan fingerprint density at radius 2 is 1.77 bits per heavy atom. The molecule has 1 aromatic rings. The van der Waals surface area contributed by atoms with E-state index in [-0.39, 0.29) is 17.1 Å². The number of benzene rings is 1. The van der Waals surface area contributed by atoms with Crippen molar-refractivity contribution in [1.82, 2.24) is 0 Å². The van der Waals surface area contributed by atoms with Crippen molar-refractivity contribution >= 4 is 5.97 Å². The Morgan fingerprint density at radius 3 is 2.15 bits per heavy atom. The molecule has 0 atom stereocenters. The van der Waals surface area contributed by atoms with Gasteiger partial charge in [-0.25, -0.2) is 0 Å². The number of carbonyl (C=O) groups is 1. The molecule has 0 aromatic heterocycles. The van der Waals surface area contributed by atoms with Crippen molar-refractivity contribution in [2.24, 2.45) is 0 Å². The second-order valence-corrected chi connectivity index (χ2v) is 3.25. The molecule has 1 radical (unpaired) electrons. The molecule has 2 rings (SSSR count). The molecule has 0 aliphatic heterocycles. The Balaban J connectivity index is 0.000000845. The van der Waals surface area contributed by atoms with Gasteiger partial charge in [-0.15, -0.1) is 0 Å². The van der Waals surface area contributed by atoms with E-state index in [1.807, 2.05) is 30.3 Å². The van der Waals surface area contributed by atoms with Crippen LogP contribution in [0.3, 0.4) is 0 Å². The van der Waals surface area contributed by atoms with Crippen LogP contribution in [0.5, 0.6) is 0 Å². The molecule has 0 spiro atoms. The number of carboxylic acid groups (broad SMARTS) is 1. The van der Waals surface area contributed by atoms with Crippen molar-refractivity contribution in [3.63, 3.8) is 0 Å². The van der Waals surface area contributed by atoms with Crippen LogP contribution < -0.4 is 0 Å². The molecule has 0 amide bonds. The molecule has 73 valence electrons. The molecule has 0 unspecified atom stereocenters. The van der Waals surface area contributed by atoms with Crippen LogP contribution in [0.25, 0.3) is 0 Å². The van der Waals surface area contributed by atoms with Crippen molar-refractivity contribution in [3.05, 3.63) is 35.9 Å². The van der Waals surface area contributed by atoms with E-state index in [1.54, 1.807) is 0 Å². The number of hydrogen-bond donors (Lipinski definition) is 1. The largest absolute Gasteiger partial charge is 0.481 e. The van der Waals surface area contributed by atoms with Crippen LogP contribution >= 0.6 is 0 Å². The molecule has 3 heteroatoms. The van der Waals surface area contributed by atoms with Crippen molar-refractivity contribution in [3.8, 4) is 0 Å². The summed E-state index contributed by atoms with van der Waals surface area (Å²) in [5.41, 5.74) is 0.402. The standard InChI is InChI=1S/C10H10O2.Cu/c11-9(12)10(6-7-10)8-4-2-1-3-5-8;/h1-5H,6-7H2,(H,11,12);. The first-order valence-electron chi connectivity index (χ1n) is 4.05.